The molecule has 0 spiro atoms. The van der Waals surface area contributed by atoms with Crippen molar-refractivity contribution in [3.8, 4) is 0 Å². The van der Waals surface area contributed by atoms with E-state index in [0.717, 1.165) is 0 Å². The fourth-order valence-corrected chi connectivity index (χ4v) is 0.110. The fourth-order valence-electron chi connectivity index (χ4n) is 0.110. The zero-order chi connectivity index (χ0) is 5.86. The lowest BCUT2D eigenvalue weighted by Gasteiger charge is -2.22. The standard InChI is InChI=1S/CH8N4O2/c1-7-5(6)4(2)3/h2,4-5H,3H2,1H3. The molecular formula is CH8N4O2. The summed E-state index contributed by atoms with van der Waals surface area (Å²) in [5.41, 5.74) is 0. The van der Waals surface area contributed by atoms with Crippen LogP contribution in [0, 0.1) is 5.21 Å². The van der Waals surface area contributed by atoms with Gasteiger partial charge in [-0.1, -0.05) is 5.34 Å². The van der Waals surface area contributed by atoms with Gasteiger partial charge >= 0.3 is 0 Å². The van der Waals surface area contributed by atoms with Crippen molar-refractivity contribution >= 4 is 0 Å². The zero-order valence-corrected chi connectivity index (χ0v) is 3.89. The van der Waals surface area contributed by atoms with Gasteiger partial charge < -0.3 is 11.0 Å². The van der Waals surface area contributed by atoms with Crippen LogP contribution in [0.3, 0.4) is 0 Å². The van der Waals surface area contributed by atoms with Gasteiger partial charge in [-0.15, -0.1) is 11.1 Å². The molecule has 0 aromatic carbocycles. The summed E-state index contributed by atoms with van der Waals surface area (Å²) in [6, 6.07) is 0. The molecule has 0 bridgehead atoms. The third kappa shape index (κ3) is 2.45. The number of hydrogen-bond donors (Lipinski definition) is 3. The van der Waals surface area contributed by atoms with Crippen LogP contribution >= 0.6 is 0 Å². The molecule has 0 amide bonds. The summed E-state index contributed by atoms with van der Waals surface area (Å²) >= 11 is 0. The molecule has 0 aromatic rings. The minimum Gasteiger partial charge on any atom is -0.548 e. The maximum atomic E-state index is 9.94. The van der Waals surface area contributed by atoms with Gasteiger partial charge in [0.15, 0.2) is 0 Å². The molecule has 0 aliphatic heterocycles. The van der Waals surface area contributed by atoms with Gasteiger partial charge in [0.1, 0.15) is 7.11 Å². The molecule has 44 valence electrons. The molecule has 2 unspecified atom stereocenters. The molecule has 0 aromatic heterocycles. The molecule has 0 rings (SSSR count). The average molecular weight is 108 g/mol. The highest BCUT2D eigenvalue weighted by atomic mass is 16.9. The monoisotopic (exact) mass is 108 g/mol. The molecule has 0 fully saturated rings. The molecule has 6 nitrogen and oxygen atoms in total. The molecule has 5 N–H and O–H groups in total. The van der Waals surface area contributed by atoms with Crippen LogP contribution in [0.25, 0.3) is 5.84 Å². The molecule has 0 heterocycles. The zero-order valence-electron chi connectivity index (χ0n) is 3.89. The van der Waals surface area contributed by atoms with Crippen LogP contribution in [-0.4, -0.2) is 7.11 Å². The van der Waals surface area contributed by atoms with E-state index >= 15 is 0 Å². The highest BCUT2D eigenvalue weighted by Gasteiger charge is 1.90. The molecule has 7 heavy (non-hydrogen) atoms. The summed E-state index contributed by atoms with van der Waals surface area (Å²) in [6.45, 7) is 0. The molecule has 2 atom stereocenters. The van der Waals surface area contributed by atoms with Crippen molar-refractivity contribution in [3.63, 3.8) is 0 Å². The van der Waals surface area contributed by atoms with Crippen LogP contribution in [-0.2, 0) is 4.84 Å². The van der Waals surface area contributed by atoms with Gasteiger partial charge in [0.05, 0.1) is 0 Å². The first-order valence-corrected chi connectivity index (χ1v) is 1.61. The van der Waals surface area contributed by atoms with Gasteiger partial charge in [-0.25, -0.2) is 0 Å². The van der Waals surface area contributed by atoms with E-state index in [0.29, 0.717) is 0 Å². The number of nitrogens with one attached hydrogen (secondary N) is 3. The van der Waals surface area contributed by atoms with Gasteiger partial charge in [-0.3, -0.25) is 0 Å². The molecular weight excluding hydrogens is 100 g/mol. The van der Waals surface area contributed by atoms with E-state index < -0.39 is 10.6 Å². The summed E-state index contributed by atoms with van der Waals surface area (Å²) in [6.07, 6.45) is 0. The number of hydrogen-bond acceptors (Lipinski definition) is 3. The predicted molar refractivity (Wildman–Crippen MR) is 20.8 cm³/mol. The SMILES string of the molecule is CO[NH+]([O-])[NH+]([NH-])N. The normalized spacial score (nSPS) is 18.9. The highest BCUT2D eigenvalue weighted by molar-refractivity contribution is 3.82. The van der Waals surface area contributed by atoms with E-state index in [1.165, 1.54) is 7.11 Å². The van der Waals surface area contributed by atoms with Crippen LogP contribution in [0.15, 0.2) is 0 Å². The lowest BCUT2D eigenvalue weighted by molar-refractivity contribution is -1.55. The van der Waals surface area contributed by atoms with E-state index in [4.69, 9.17) is 5.84 Å². The van der Waals surface area contributed by atoms with Crippen molar-refractivity contribution in [2.75, 3.05) is 7.11 Å². The molecule has 0 saturated heterocycles. The number of rotatable bonds is 2. The number of quaternary nitrogens is 2. The Bertz CT molecular complexity index is 47.0. The van der Waals surface area contributed by atoms with Crippen LogP contribution < -0.4 is 16.4 Å². The fraction of sp³-hybridized carbons (Fsp3) is 1.00. The third-order valence-electron chi connectivity index (χ3n) is 0.405. The van der Waals surface area contributed by atoms with E-state index in [-0.39, 0.29) is 0 Å². The van der Waals surface area contributed by atoms with Gasteiger partial charge in [0, 0.05) is 0 Å². The summed E-state index contributed by atoms with van der Waals surface area (Å²) < 4.78 is 0. The van der Waals surface area contributed by atoms with Crippen molar-refractivity contribution < 1.29 is 15.4 Å². The minimum absolute atomic E-state index is 0.567. The molecule has 0 radical (unpaired) electrons. The Labute approximate surface area is 40.7 Å². The molecule has 0 saturated carbocycles. The first-order chi connectivity index (χ1) is 3.18. The predicted octanol–water partition coefficient (Wildman–Crippen LogP) is -3.43. The Morgan fingerprint density at radius 2 is 2.29 bits per heavy atom. The first-order valence-electron chi connectivity index (χ1n) is 1.61. The Morgan fingerprint density at radius 3 is 2.29 bits per heavy atom. The van der Waals surface area contributed by atoms with E-state index in [2.05, 4.69) is 10.7 Å². The Hall–Kier alpha value is -0.240. The molecule has 0 aliphatic carbocycles. The van der Waals surface area contributed by atoms with Crippen molar-refractivity contribution in [3.05, 3.63) is 11.0 Å². The van der Waals surface area contributed by atoms with Crippen LogP contribution in [0.5, 0.6) is 0 Å². The lowest BCUT2D eigenvalue weighted by Crippen LogP contribution is -3.57. The van der Waals surface area contributed by atoms with E-state index in [1.54, 1.807) is 0 Å². The van der Waals surface area contributed by atoms with Crippen molar-refractivity contribution in [2.45, 2.75) is 0 Å². The summed E-state index contributed by atoms with van der Waals surface area (Å²) in [7, 11) is 1.17. The molecule has 0 aliphatic rings. The molecule has 6 heteroatoms. The third-order valence-corrected chi connectivity index (χ3v) is 0.405. The van der Waals surface area contributed by atoms with Crippen LogP contribution in [0.4, 0.5) is 0 Å². The highest BCUT2D eigenvalue weighted by Crippen LogP contribution is 1.22. The van der Waals surface area contributed by atoms with E-state index in [1.807, 2.05) is 0 Å². The largest absolute Gasteiger partial charge is 0.548 e. The lowest BCUT2D eigenvalue weighted by atomic mass is 11.7. The summed E-state index contributed by atoms with van der Waals surface area (Å²) in [4.78, 5) is 4.02. The van der Waals surface area contributed by atoms with Crippen molar-refractivity contribution in [1.82, 2.24) is 0 Å². The number of nitrogens with two attached hydrogens (primary N) is 1. The maximum absolute atomic E-state index is 9.94. The average Bonchev–Trinajstić information content (AvgIpc) is 1.65. The Morgan fingerprint density at radius 1 is 1.86 bits per heavy atom. The second-order valence-corrected chi connectivity index (χ2v) is 0.905. The minimum atomic E-state index is -0.792. The van der Waals surface area contributed by atoms with Crippen molar-refractivity contribution in [2.24, 2.45) is 5.84 Å². The van der Waals surface area contributed by atoms with Gasteiger partial charge in [0.25, 0.3) is 0 Å². The maximum Gasteiger partial charge on any atom is 0.103 e. The Kier molecular flexibility index (Phi) is 2.76. The van der Waals surface area contributed by atoms with Gasteiger partial charge in [0.2, 0.25) is 0 Å². The Balaban J connectivity index is 3.14. The summed E-state index contributed by atoms with van der Waals surface area (Å²) in [5.74, 6) is 11.1. The summed E-state index contributed by atoms with van der Waals surface area (Å²) in [5, 5.41) is 8.58. The first kappa shape index (κ1) is 6.76. The van der Waals surface area contributed by atoms with Crippen LogP contribution in [0.1, 0.15) is 0 Å². The van der Waals surface area contributed by atoms with Gasteiger partial charge in [-0.2, -0.15) is 4.84 Å². The second-order valence-electron chi connectivity index (χ2n) is 0.905. The van der Waals surface area contributed by atoms with Crippen molar-refractivity contribution in [1.29, 1.82) is 0 Å². The van der Waals surface area contributed by atoms with E-state index in [9.17, 15) is 5.21 Å². The quantitative estimate of drug-likeness (QED) is 0.254. The van der Waals surface area contributed by atoms with Crippen LogP contribution in [0.2, 0.25) is 0 Å². The van der Waals surface area contributed by atoms with Gasteiger partial charge in [-0.05, 0) is 0 Å². The second kappa shape index (κ2) is 2.86. The smallest absolute Gasteiger partial charge is 0.103 e. The topological polar surface area (TPSA) is 91.0 Å².